The molecule has 1 amide bonds. The third-order valence-corrected chi connectivity index (χ3v) is 9.28. The second-order valence-electron chi connectivity index (χ2n) is 12.4. The minimum Gasteiger partial charge on any atom is -0.504 e. The lowest BCUT2D eigenvalue weighted by Gasteiger charge is -2.41. The molecule has 254 valence electrons. The highest BCUT2D eigenvalue weighted by Crippen LogP contribution is 2.35. The largest absolute Gasteiger partial charge is 0.504 e. The summed E-state index contributed by atoms with van der Waals surface area (Å²) in [6.07, 6.45) is -4.37. The van der Waals surface area contributed by atoms with Crippen LogP contribution in [0.5, 0.6) is 17.2 Å². The van der Waals surface area contributed by atoms with E-state index in [2.05, 4.69) is 11.4 Å². The lowest BCUT2D eigenvalue weighted by atomic mass is 9.83. The first-order chi connectivity index (χ1) is 22.5. The van der Waals surface area contributed by atoms with Gasteiger partial charge in [0.25, 0.3) is 0 Å². The molecule has 2 saturated heterocycles. The van der Waals surface area contributed by atoms with Crippen LogP contribution in [-0.4, -0.2) is 111 Å². The molecular weight excluding hydrogens is 614 g/mol. The van der Waals surface area contributed by atoms with E-state index in [0.29, 0.717) is 11.1 Å². The van der Waals surface area contributed by atoms with E-state index in [0.717, 1.165) is 25.0 Å². The van der Waals surface area contributed by atoms with Crippen molar-refractivity contribution in [2.45, 2.75) is 94.3 Å². The molecule has 47 heavy (non-hydrogen) atoms. The molecule has 0 radical (unpaired) electrons. The molecule has 0 bridgehead atoms. The fraction of sp³-hybridized carbons (Fsp3) is 0.500. The van der Waals surface area contributed by atoms with Crippen molar-refractivity contribution in [3.63, 3.8) is 0 Å². The van der Waals surface area contributed by atoms with Crippen LogP contribution in [0.25, 0.3) is 6.08 Å². The van der Waals surface area contributed by atoms with Crippen LogP contribution in [0.2, 0.25) is 0 Å². The number of hydrogen-bond acceptors (Lipinski definition) is 12. The summed E-state index contributed by atoms with van der Waals surface area (Å²) in [5.74, 6) is -0.0965. The standard InChI is InChI=1S/C34H41NO12/c1-16(11-12-43-22-8-4-6-19-5-3-7-20(19)22)30-28(40)29(41)34(47-30)46-23-10-9-18(14-21(23)36)13-17(2)33(42)35-24-25(37)27(39)32-31(26(24)38)44-15-45-32/h4,6,8-11,13-14,24-32,34,36-41H,3,5,7,12,15H2,1-2H3,(H,35,42)/t24-,25+,26-,27-,28+,29+,30-,31+,32-,34-/m1/s1. The van der Waals surface area contributed by atoms with Gasteiger partial charge in [-0.15, -0.1) is 0 Å². The second-order valence-corrected chi connectivity index (χ2v) is 12.4. The molecule has 3 fully saturated rings. The fourth-order valence-electron chi connectivity index (χ4n) is 6.60. The zero-order chi connectivity index (χ0) is 33.4. The Morgan fingerprint density at radius 1 is 0.936 bits per heavy atom. The number of aromatic hydroxyl groups is 1. The molecule has 2 heterocycles. The third kappa shape index (κ3) is 6.76. The summed E-state index contributed by atoms with van der Waals surface area (Å²) in [5, 5.41) is 66.0. The van der Waals surface area contributed by atoms with Gasteiger partial charge in [-0.3, -0.25) is 4.79 Å². The predicted molar refractivity (Wildman–Crippen MR) is 165 cm³/mol. The normalized spacial score (nSPS) is 33.8. The van der Waals surface area contributed by atoms with E-state index in [1.54, 1.807) is 19.1 Å². The molecule has 2 aliphatic heterocycles. The summed E-state index contributed by atoms with van der Waals surface area (Å²) in [7, 11) is 0. The van der Waals surface area contributed by atoms with Gasteiger partial charge in [-0.1, -0.05) is 18.2 Å². The van der Waals surface area contributed by atoms with Gasteiger partial charge in [-0.2, -0.15) is 0 Å². The molecule has 1 saturated carbocycles. The van der Waals surface area contributed by atoms with Crippen LogP contribution in [0.3, 0.4) is 0 Å². The fourth-order valence-corrected chi connectivity index (χ4v) is 6.60. The number of phenols is 1. The molecule has 13 nitrogen and oxygen atoms in total. The third-order valence-electron chi connectivity index (χ3n) is 9.28. The van der Waals surface area contributed by atoms with Gasteiger partial charge in [0.15, 0.2) is 11.5 Å². The second kappa shape index (κ2) is 13.9. The summed E-state index contributed by atoms with van der Waals surface area (Å²) in [4.78, 5) is 12.9. The van der Waals surface area contributed by atoms with Crippen LogP contribution in [0, 0.1) is 0 Å². The molecule has 2 aliphatic carbocycles. The number of fused-ring (bicyclic) bond motifs is 2. The number of hydrogen-bond donors (Lipinski definition) is 7. The van der Waals surface area contributed by atoms with Crippen LogP contribution in [-0.2, 0) is 31.8 Å². The smallest absolute Gasteiger partial charge is 0.247 e. The quantitative estimate of drug-likeness (QED) is 0.146. The number of aliphatic hydroxyl groups excluding tert-OH is 5. The first kappa shape index (κ1) is 33.4. The van der Waals surface area contributed by atoms with Crippen molar-refractivity contribution in [3.8, 4) is 17.2 Å². The van der Waals surface area contributed by atoms with E-state index in [4.69, 9.17) is 23.7 Å². The molecule has 4 aliphatic rings. The van der Waals surface area contributed by atoms with E-state index in [-0.39, 0.29) is 30.5 Å². The van der Waals surface area contributed by atoms with E-state index in [1.807, 2.05) is 12.1 Å². The van der Waals surface area contributed by atoms with E-state index >= 15 is 0 Å². The molecule has 0 spiro atoms. The van der Waals surface area contributed by atoms with Gasteiger partial charge in [0.05, 0.1) is 6.04 Å². The number of aliphatic hydroxyl groups is 5. The van der Waals surface area contributed by atoms with Crippen LogP contribution >= 0.6 is 0 Å². The van der Waals surface area contributed by atoms with Gasteiger partial charge < -0.3 is 59.6 Å². The van der Waals surface area contributed by atoms with Crippen LogP contribution < -0.4 is 14.8 Å². The molecule has 7 N–H and O–H groups in total. The maximum atomic E-state index is 12.9. The lowest BCUT2D eigenvalue weighted by Crippen LogP contribution is -2.67. The summed E-state index contributed by atoms with van der Waals surface area (Å²) >= 11 is 0. The molecule has 10 atom stereocenters. The minimum absolute atomic E-state index is 0.0140. The van der Waals surface area contributed by atoms with Crippen LogP contribution in [0.15, 0.2) is 53.6 Å². The number of phenolic OH excluding ortho intramolecular Hbond substituents is 1. The number of benzene rings is 2. The Hall–Kier alpha value is -3.53. The Bertz CT molecular complexity index is 1530. The Morgan fingerprint density at radius 3 is 2.47 bits per heavy atom. The Balaban J connectivity index is 1.05. The Morgan fingerprint density at radius 2 is 1.70 bits per heavy atom. The highest BCUT2D eigenvalue weighted by Gasteiger charge is 2.53. The number of aryl methyl sites for hydroxylation is 1. The monoisotopic (exact) mass is 655 g/mol. The number of amides is 1. The number of ether oxygens (including phenoxy) is 5. The van der Waals surface area contributed by atoms with Crippen molar-refractivity contribution in [1.29, 1.82) is 0 Å². The van der Waals surface area contributed by atoms with Gasteiger partial charge >= 0.3 is 0 Å². The average Bonchev–Trinajstić information content (AvgIpc) is 3.80. The molecule has 0 unspecified atom stereocenters. The zero-order valence-corrected chi connectivity index (χ0v) is 26.1. The van der Waals surface area contributed by atoms with Crippen molar-refractivity contribution in [2.75, 3.05) is 13.4 Å². The van der Waals surface area contributed by atoms with Crippen molar-refractivity contribution >= 4 is 12.0 Å². The lowest BCUT2D eigenvalue weighted by molar-refractivity contribution is -0.155. The number of carbonyl (C=O) groups is 1. The Labute approximate surface area is 271 Å². The van der Waals surface area contributed by atoms with Gasteiger partial charge in [0.2, 0.25) is 12.2 Å². The highest BCUT2D eigenvalue weighted by molar-refractivity contribution is 5.97. The molecule has 2 aromatic carbocycles. The Kier molecular flexibility index (Phi) is 9.88. The van der Waals surface area contributed by atoms with E-state index < -0.39 is 67.1 Å². The van der Waals surface area contributed by atoms with Crippen molar-refractivity contribution in [1.82, 2.24) is 5.32 Å². The average molecular weight is 656 g/mol. The highest BCUT2D eigenvalue weighted by atomic mass is 16.7. The van der Waals surface area contributed by atoms with Gasteiger partial charge in [-0.05, 0) is 85.7 Å². The number of carbonyl (C=O) groups excluding carboxylic acids is 1. The van der Waals surface area contributed by atoms with Crippen molar-refractivity contribution in [2.24, 2.45) is 0 Å². The summed E-state index contributed by atoms with van der Waals surface area (Å²) < 4.78 is 28.1. The van der Waals surface area contributed by atoms with Gasteiger partial charge in [-0.25, -0.2) is 0 Å². The molecule has 0 aromatic heterocycles. The summed E-state index contributed by atoms with van der Waals surface area (Å²) in [5.41, 5.74) is 3.79. The van der Waals surface area contributed by atoms with Gasteiger partial charge in [0, 0.05) is 5.57 Å². The van der Waals surface area contributed by atoms with Crippen LogP contribution in [0.4, 0.5) is 0 Å². The summed E-state index contributed by atoms with van der Waals surface area (Å²) in [6, 6.07) is 9.16. The number of rotatable bonds is 9. The van der Waals surface area contributed by atoms with E-state index in [1.165, 1.54) is 36.3 Å². The molecule has 2 aromatic rings. The van der Waals surface area contributed by atoms with Crippen LogP contribution in [0.1, 0.15) is 37.0 Å². The maximum absolute atomic E-state index is 12.9. The number of nitrogens with one attached hydrogen (secondary N) is 1. The topological polar surface area (TPSA) is 197 Å². The SMILES string of the molecule is CC(=Cc1ccc(O[C@@H]2O[C@H](C(C)=CCOc3cccc4c3CCC4)[C@@H](O)[C@@H]2O)c(O)c1)C(=O)N[C@@H]1[C@H](O)[C@@H](O)[C@H]2OCO[C@H]2[C@@H]1O. The van der Waals surface area contributed by atoms with Gasteiger partial charge in [0.1, 0.15) is 68.0 Å². The van der Waals surface area contributed by atoms with Crippen molar-refractivity contribution < 1.29 is 59.1 Å². The molecule has 13 heteroatoms. The maximum Gasteiger partial charge on any atom is 0.247 e. The predicted octanol–water partition coefficient (Wildman–Crippen LogP) is 0.458. The first-order valence-corrected chi connectivity index (χ1v) is 15.7. The first-order valence-electron chi connectivity index (χ1n) is 15.7. The zero-order valence-electron chi connectivity index (χ0n) is 26.1. The molecular formula is C34H41NO12. The summed E-state index contributed by atoms with van der Waals surface area (Å²) in [6.45, 7) is 3.39. The van der Waals surface area contributed by atoms with Crippen molar-refractivity contribution in [3.05, 3.63) is 70.3 Å². The van der Waals surface area contributed by atoms with E-state index in [9.17, 15) is 35.4 Å². The minimum atomic E-state index is -1.49. The molecule has 6 rings (SSSR count).